The fraction of sp³-hybridized carbons (Fsp3) is 0.160. The number of amides is 4. The van der Waals surface area contributed by atoms with Gasteiger partial charge in [-0.15, -0.1) is 0 Å². The molecule has 7 heteroatoms. The van der Waals surface area contributed by atoms with Gasteiger partial charge in [-0.25, -0.2) is 9.69 Å². The summed E-state index contributed by atoms with van der Waals surface area (Å²) in [6.45, 7) is 3.79. The fourth-order valence-corrected chi connectivity index (χ4v) is 3.55. The zero-order valence-corrected chi connectivity index (χ0v) is 17.9. The summed E-state index contributed by atoms with van der Waals surface area (Å²) in [4.78, 5) is 39.4. The van der Waals surface area contributed by atoms with E-state index in [0.29, 0.717) is 22.7 Å². The van der Waals surface area contributed by atoms with Crippen LogP contribution in [0.15, 0.2) is 66.2 Å². The largest absolute Gasteiger partial charge is 0.497 e. The SMILES string of the molecule is COc1ccc(N2C(=O)NC(=O)/C(=C\c3c(OC(C)C)ccc4ccccc34)C2=O)cc1. The van der Waals surface area contributed by atoms with E-state index in [-0.39, 0.29) is 11.7 Å². The maximum atomic E-state index is 13.3. The van der Waals surface area contributed by atoms with Gasteiger partial charge in [0.05, 0.1) is 18.9 Å². The first-order chi connectivity index (χ1) is 15.4. The van der Waals surface area contributed by atoms with Crippen molar-refractivity contribution in [2.75, 3.05) is 12.0 Å². The van der Waals surface area contributed by atoms with Gasteiger partial charge in [-0.2, -0.15) is 0 Å². The molecule has 1 aliphatic heterocycles. The maximum Gasteiger partial charge on any atom is 0.335 e. The monoisotopic (exact) mass is 430 g/mol. The number of carbonyl (C=O) groups is 3. The van der Waals surface area contributed by atoms with Gasteiger partial charge in [0.25, 0.3) is 11.8 Å². The number of benzene rings is 3. The van der Waals surface area contributed by atoms with E-state index in [4.69, 9.17) is 9.47 Å². The first-order valence-electron chi connectivity index (χ1n) is 10.1. The number of hydrogen-bond acceptors (Lipinski definition) is 5. The number of nitrogens with zero attached hydrogens (tertiary/aromatic N) is 1. The van der Waals surface area contributed by atoms with Gasteiger partial charge in [0.1, 0.15) is 17.1 Å². The van der Waals surface area contributed by atoms with Crippen molar-refractivity contribution in [3.63, 3.8) is 0 Å². The number of hydrogen-bond donors (Lipinski definition) is 1. The van der Waals surface area contributed by atoms with Crippen molar-refractivity contribution < 1.29 is 23.9 Å². The first kappa shape index (κ1) is 21.1. The summed E-state index contributed by atoms with van der Waals surface area (Å²) in [7, 11) is 1.52. The van der Waals surface area contributed by atoms with Crippen molar-refractivity contribution in [2.45, 2.75) is 20.0 Å². The van der Waals surface area contributed by atoms with Crippen molar-refractivity contribution in [3.8, 4) is 11.5 Å². The number of nitrogens with one attached hydrogen (secondary N) is 1. The van der Waals surface area contributed by atoms with Gasteiger partial charge in [0.2, 0.25) is 0 Å². The second-order valence-electron chi connectivity index (χ2n) is 7.52. The minimum absolute atomic E-state index is 0.110. The van der Waals surface area contributed by atoms with E-state index >= 15 is 0 Å². The molecule has 0 aromatic heterocycles. The summed E-state index contributed by atoms with van der Waals surface area (Å²) >= 11 is 0. The quantitative estimate of drug-likeness (QED) is 0.482. The minimum Gasteiger partial charge on any atom is -0.497 e. The molecule has 7 nitrogen and oxygen atoms in total. The van der Waals surface area contributed by atoms with Crippen LogP contribution in [0.2, 0.25) is 0 Å². The van der Waals surface area contributed by atoms with Crippen LogP contribution >= 0.6 is 0 Å². The number of imide groups is 2. The van der Waals surface area contributed by atoms with Crippen LogP contribution in [0.4, 0.5) is 10.5 Å². The highest BCUT2D eigenvalue weighted by atomic mass is 16.5. The molecule has 3 aromatic rings. The van der Waals surface area contributed by atoms with Crippen molar-refractivity contribution >= 4 is 40.4 Å². The molecular weight excluding hydrogens is 408 g/mol. The molecule has 0 unspecified atom stereocenters. The molecule has 3 aromatic carbocycles. The van der Waals surface area contributed by atoms with Crippen LogP contribution in [0.3, 0.4) is 0 Å². The van der Waals surface area contributed by atoms with Gasteiger partial charge in [-0.3, -0.25) is 14.9 Å². The Morgan fingerprint density at radius 2 is 1.66 bits per heavy atom. The van der Waals surface area contributed by atoms with Crippen LogP contribution in [0, 0.1) is 0 Å². The summed E-state index contributed by atoms with van der Waals surface area (Å²) in [6, 6.07) is 17.0. The van der Waals surface area contributed by atoms with E-state index in [9.17, 15) is 14.4 Å². The standard InChI is InChI=1S/C25H22N2O5/c1-15(2)32-22-13-8-16-6-4-5-7-19(16)20(22)14-21-23(28)26-25(30)27(24(21)29)17-9-11-18(31-3)12-10-17/h4-15H,1-3H3,(H,26,28,30)/b21-14+. The average Bonchev–Trinajstić information content (AvgIpc) is 2.77. The molecule has 0 bridgehead atoms. The van der Waals surface area contributed by atoms with Crippen molar-refractivity contribution in [3.05, 3.63) is 71.8 Å². The van der Waals surface area contributed by atoms with Crippen LogP contribution in [-0.4, -0.2) is 31.1 Å². The van der Waals surface area contributed by atoms with Crippen molar-refractivity contribution in [1.29, 1.82) is 0 Å². The Kier molecular flexibility index (Phi) is 5.64. The molecule has 0 atom stereocenters. The summed E-state index contributed by atoms with van der Waals surface area (Å²) in [5.74, 6) is -0.350. The number of urea groups is 1. The van der Waals surface area contributed by atoms with Gasteiger partial charge >= 0.3 is 6.03 Å². The van der Waals surface area contributed by atoms with Gasteiger partial charge in [-0.05, 0) is 61.0 Å². The third-order valence-corrected chi connectivity index (χ3v) is 5.01. The van der Waals surface area contributed by atoms with Crippen molar-refractivity contribution in [1.82, 2.24) is 5.32 Å². The maximum absolute atomic E-state index is 13.3. The number of ether oxygens (including phenoxy) is 2. The van der Waals surface area contributed by atoms with Crippen LogP contribution in [-0.2, 0) is 9.59 Å². The molecule has 0 radical (unpaired) electrons. The third kappa shape index (κ3) is 3.92. The number of fused-ring (bicyclic) bond motifs is 1. The normalized spacial score (nSPS) is 15.4. The van der Waals surface area contributed by atoms with E-state index in [2.05, 4.69) is 5.32 Å². The van der Waals surface area contributed by atoms with Crippen LogP contribution < -0.4 is 19.7 Å². The molecule has 1 fully saturated rings. The lowest BCUT2D eigenvalue weighted by atomic mass is 9.99. The van der Waals surface area contributed by atoms with Crippen LogP contribution in [0.5, 0.6) is 11.5 Å². The fourth-order valence-electron chi connectivity index (χ4n) is 3.55. The van der Waals surface area contributed by atoms with Crippen molar-refractivity contribution in [2.24, 2.45) is 0 Å². The average molecular weight is 430 g/mol. The molecule has 1 aliphatic rings. The predicted octanol–water partition coefficient (Wildman–Crippen LogP) is 4.30. The molecule has 0 aliphatic carbocycles. The molecule has 4 rings (SSSR count). The van der Waals surface area contributed by atoms with Gasteiger partial charge < -0.3 is 9.47 Å². The van der Waals surface area contributed by atoms with Crippen LogP contribution in [0.25, 0.3) is 16.8 Å². The zero-order chi connectivity index (χ0) is 22.8. The highest BCUT2D eigenvalue weighted by molar-refractivity contribution is 6.39. The topological polar surface area (TPSA) is 84.9 Å². The Morgan fingerprint density at radius 3 is 2.34 bits per heavy atom. The van der Waals surface area contributed by atoms with Gasteiger partial charge in [0.15, 0.2) is 0 Å². The first-order valence-corrected chi connectivity index (χ1v) is 10.1. The van der Waals surface area contributed by atoms with Gasteiger partial charge in [-0.1, -0.05) is 30.3 Å². The summed E-state index contributed by atoms with van der Waals surface area (Å²) < 4.78 is 11.1. The van der Waals surface area contributed by atoms with Crippen LogP contribution in [0.1, 0.15) is 19.4 Å². The lowest BCUT2D eigenvalue weighted by Crippen LogP contribution is -2.54. The molecule has 32 heavy (non-hydrogen) atoms. The molecule has 4 amide bonds. The Balaban J connectivity index is 1.83. The number of barbiturate groups is 1. The Bertz CT molecular complexity index is 1240. The lowest BCUT2D eigenvalue weighted by molar-refractivity contribution is -0.122. The molecule has 162 valence electrons. The second kappa shape index (κ2) is 8.55. The minimum atomic E-state index is -0.807. The molecule has 0 spiro atoms. The van der Waals surface area contributed by atoms with E-state index in [1.165, 1.54) is 13.2 Å². The predicted molar refractivity (Wildman–Crippen MR) is 122 cm³/mol. The lowest BCUT2D eigenvalue weighted by Gasteiger charge is -2.26. The van der Waals surface area contributed by atoms with E-state index in [0.717, 1.165) is 15.7 Å². The molecule has 1 heterocycles. The molecule has 1 N–H and O–H groups in total. The third-order valence-electron chi connectivity index (χ3n) is 5.01. The van der Waals surface area contributed by atoms with E-state index < -0.39 is 17.8 Å². The summed E-state index contributed by atoms with van der Waals surface area (Å²) in [5, 5.41) is 4.01. The van der Waals surface area contributed by atoms with Gasteiger partial charge in [0, 0.05) is 5.56 Å². The van der Waals surface area contributed by atoms with E-state index in [1.807, 2.05) is 50.2 Å². The molecular formula is C25H22N2O5. The Hall–Kier alpha value is -4.13. The molecule has 1 saturated heterocycles. The van der Waals surface area contributed by atoms with E-state index in [1.54, 1.807) is 24.3 Å². The molecule has 0 saturated carbocycles. The Labute approximate surface area is 185 Å². The number of anilines is 1. The number of methoxy groups -OCH3 is 1. The summed E-state index contributed by atoms with van der Waals surface area (Å²) in [5.41, 5.74) is 0.757. The highest BCUT2D eigenvalue weighted by Gasteiger charge is 2.37. The Morgan fingerprint density at radius 1 is 0.938 bits per heavy atom. The zero-order valence-electron chi connectivity index (χ0n) is 17.9. The summed E-state index contributed by atoms with van der Waals surface area (Å²) in [6.07, 6.45) is 1.38. The second-order valence-corrected chi connectivity index (χ2v) is 7.52. The number of carbonyl (C=O) groups excluding carboxylic acids is 3. The highest BCUT2D eigenvalue weighted by Crippen LogP contribution is 2.32. The number of rotatable bonds is 5. The smallest absolute Gasteiger partial charge is 0.335 e.